The van der Waals surface area contributed by atoms with E-state index in [4.69, 9.17) is 0 Å². The summed E-state index contributed by atoms with van der Waals surface area (Å²) in [6, 6.07) is 8.44. The van der Waals surface area contributed by atoms with E-state index < -0.39 is 5.60 Å². The molecule has 2 saturated carbocycles. The van der Waals surface area contributed by atoms with Crippen LogP contribution in [0.2, 0.25) is 0 Å². The molecular weight excluding hydrogens is 207 g/mol. The molecule has 0 aliphatic heterocycles. The third kappa shape index (κ3) is 1.57. The fourth-order valence-corrected chi connectivity index (χ4v) is 4.06. The van der Waals surface area contributed by atoms with Crippen LogP contribution in [0.5, 0.6) is 0 Å². The molecule has 1 aromatic rings. The van der Waals surface area contributed by atoms with Crippen molar-refractivity contribution < 1.29 is 5.11 Å². The average Bonchev–Trinajstić information content (AvgIpc) is 2.91. The Morgan fingerprint density at radius 3 is 2.29 bits per heavy atom. The van der Waals surface area contributed by atoms with Crippen LogP contribution in [0.3, 0.4) is 0 Å². The fourth-order valence-electron chi connectivity index (χ4n) is 4.06. The summed E-state index contributed by atoms with van der Waals surface area (Å²) >= 11 is 0. The third-order valence-corrected chi connectivity index (χ3v) is 5.39. The van der Waals surface area contributed by atoms with Gasteiger partial charge in [0.25, 0.3) is 0 Å². The summed E-state index contributed by atoms with van der Waals surface area (Å²) in [6.45, 7) is 2.03. The Hall–Kier alpha value is -0.755. The Bertz CT molecular complexity index is 413. The zero-order valence-electron chi connectivity index (χ0n) is 10.9. The zero-order valence-corrected chi connectivity index (χ0v) is 10.9. The van der Waals surface area contributed by atoms with E-state index in [2.05, 4.69) is 32.1 Å². The van der Waals surface area contributed by atoms with Crippen molar-refractivity contribution in [3.05, 3.63) is 29.8 Å². The monoisotopic (exact) mass is 228 g/mol. The molecule has 0 amide bonds. The van der Waals surface area contributed by atoms with Gasteiger partial charge in [-0.3, -0.25) is 0 Å². The molecule has 90 valence electrons. The molecule has 2 aliphatic rings. The van der Waals surface area contributed by atoms with Crippen molar-refractivity contribution in [2.75, 3.05) is 0 Å². The Balaban J connectivity index is 1.97. The maximum Gasteiger partial charge on any atom is 0.139 e. The number of aliphatic hydroxyl groups is 1. The van der Waals surface area contributed by atoms with E-state index in [0.29, 0.717) is 0 Å². The van der Waals surface area contributed by atoms with Gasteiger partial charge in [-0.15, -0.1) is 0 Å². The van der Waals surface area contributed by atoms with Gasteiger partial charge in [0.05, 0.1) is 5.60 Å². The van der Waals surface area contributed by atoms with Crippen LogP contribution in [0.4, 0.5) is 0 Å². The lowest BCUT2D eigenvalue weighted by atomic mass is 9.67. The van der Waals surface area contributed by atoms with Crippen molar-refractivity contribution in [2.24, 2.45) is 11.3 Å². The summed E-state index contributed by atoms with van der Waals surface area (Å²) in [4.78, 5) is 0. The highest BCUT2D eigenvalue weighted by atomic mass is 16.3. The highest BCUT2D eigenvalue weighted by Gasteiger charge is 2.55. The van der Waals surface area contributed by atoms with Crippen molar-refractivity contribution in [3.8, 4) is 0 Å². The summed E-state index contributed by atoms with van der Waals surface area (Å²) in [7, 11) is 2.10. The minimum atomic E-state index is -0.647. The van der Waals surface area contributed by atoms with Crippen molar-refractivity contribution in [2.45, 2.75) is 44.6 Å². The van der Waals surface area contributed by atoms with Crippen LogP contribution in [0.1, 0.15) is 44.6 Å². The standard InChI is InChI=1S/C15H21BO/c1-14(17,12-2-4-13(16)5-3-12)15-8-6-11(10-15)7-9-15/h2-5,11,17H,6-10,16H2,1H3. The molecule has 1 aromatic carbocycles. The van der Waals surface area contributed by atoms with E-state index in [-0.39, 0.29) is 5.41 Å². The maximum absolute atomic E-state index is 11.1. The van der Waals surface area contributed by atoms with Crippen LogP contribution in [-0.2, 0) is 5.60 Å². The number of benzene rings is 1. The van der Waals surface area contributed by atoms with Crippen LogP contribution in [0, 0.1) is 11.3 Å². The predicted molar refractivity (Wildman–Crippen MR) is 73.2 cm³/mol. The summed E-state index contributed by atoms with van der Waals surface area (Å²) < 4.78 is 0. The summed E-state index contributed by atoms with van der Waals surface area (Å²) in [5, 5.41) is 11.1. The van der Waals surface area contributed by atoms with Crippen LogP contribution in [-0.4, -0.2) is 13.0 Å². The number of hydrogen-bond acceptors (Lipinski definition) is 1. The lowest BCUT2D eigenvalue weighted by Gasteiger charge is -2.42. The molecule has 0 saturated heterocycles. The Morgan fingerprint density at radius 2 is 1.82 bits per heavy atom. The first kappa shape index (κ1) is 11.3. The summed E-state index contributed by atoms with van der Waals surface area (Å²) in [6.07, 6.45) is 6.29. The van der Waals surface area contributed by atoms with Gasteiger partial charge in [0.1, 0.15) is 7.85 Å². The molecule has 1 nitrogen and oxygen atoms in total. The van der Waals surface area contributed by atoms with Gasteiger partial charge in [0, 0.05) is 5.41 Å². The van der Waals surface area contributed by atoms with E-state index >= 15 is 0 Å². The van der Waals surface area contributed by atoms with Crippen LogP contribution >= 0.6 is 0 Å². The molecule has 0 spiro atoms. The minimum Gasteiger partial charge on any atom is -0.385 e. The largest absolute Gasteiger partial charge is 0.385 e. The highest BCUT2D eigenvalue weighted by molar-refractivity contribution is 6.32. The maximum atomic E-state index is 11.1. The summed E-state index contributed by atoms with van der Waals surface area (Å²) in [5.74, 6) is 0.881. The quantitative estimate of drug-likeness (QED) is 0.764. The molecule has 17 heavy (non-hydrogen) atoms. The van der Waals surface area contributed by atoms with Crippen molar-refractivity contribution in [1.82, 2.24) is 0 Å². The second-order valence-electron chi connectivity index (χ2n) is 6.37. The molecule has 0 aromatic heterocycles. The molecule has 3 rings (SSSR count). The van der Waals surface area contributed by atoms with Crippen LogP contribution < -0.4 is 5.46 Å². The molecule has 2 aliphatic carbocycles. The van der Waals surface area contributed by atoms with Gasteiger partial charge in [-0.25, -0.2) is 0 Å². The number of fused-ring (bicyclic) bond motifs is 2. The molecule has 2 bridgehead atoms. The van der Waals surface area contributed by atoms with Crippen molar-refractivity contribution >= 4 is 13.3 Å². The van der Waals surface area contributed by atoms with Crippen LogP contribution in [0.25, 0.3) is 0 Å². The van der Waals surface area contributed by atoms with Gasteiger partial charge >= 0.3 is 0 Å². The molecule has 1 atom stereocenters. The third-order valence-electron chi connectivity index (χ3n) is 5.39. The molecule has 2 fully saturated rings. The molecule has 1 unspecified atom stereocenters. The van der Waals surface area contributed by atoms with E-state index in [9.17, 15) is 5.11 Å². The summed E-state index contributed by atoms with van der Waals surface area (Å²) in [5.41, 5.74) is 1.88. The molecule has 2 heteroatoms. The lowest BCUT2D eigenvalue weighted by molar-refractivity contribution is -0.0722. The second-order valence-corrected chi connectivity index (χ2v) is 6.37. The minimum absolute atomic E-state index is 0.160. The van der Waals surface area contributed by atoms with Gasteiger partial charge < -0.3 is 5.11 Å². The second kappa shape index (κ2) is 3.62. The highest BCUT2D eigenvalue weighted by Crippen LogP contribution is 2.62. The van der Waals surface area contributed by atoms with E-state index in [1.54, 1.807) is 0 Å². The Kier molecular flexibility index (Phi) is 2.41. The average molecular weight is 228 g/mol. The SMILES string of the molecule is Bc1ccc(C(C)(O)C23CCC(CC2)C3)cc1. The van der Waals surface area contributed by atoms with Gasteiger partial charge in [-0.2, -0.15) is 0 Å². The first-order valence-electron chi connectivity index (χ1n) is 6.83. The van der Waals surface area contributed by atoms with Gasteiger partial charge in [-0.1, -0.05) is 29.7 Å². The van der Waals surface area contributed by atoms with Gasteiger partial charge in [0.15, 0.2) is 0 Å². The van der Waals surface area contributed by atoms with E-state index in [0.717, 1.165) is 11.5 Å². The zero-order chi connectivity index (χ0) is 12.1. The molecule has 1 N–H and O–H groups in total. The smallest absolute Gasteiger partial charge is 0.139 e. The lowest BCUT2D eigenvalue weighted by Crippen LogP contribution is -2.40. The normalized spacial score (nSPS) is 34.8. The topological polar surface area (TPSA) is 20.2 Å². The van der Waals surface area contributed by atoms with Crippen molar-refractivity contribution in [1.29, 1.82) is 0 Å². The van der Waals surface area contributed by atoms with Gasteiger partial charge in [-0.05, 0) is 50.5 Å². The first-order valence-corrected chi connectivity index (χ1v) is 6.83. The number of rotatable bonds is 2. The molecule has 0 heterocycles. The first-order chi connectivity index (χ1) is 8.03. The van der Waals surface area contributed by atoms with Crippen LogP contribution in [0.15, 0.2) is 24.3 Å². The Morgan fingerprint density at radius 1 is 1.24 bits per heavy atom. The van der Waals surface area contributed by atoms with Gasteiger partial charge in [0.2, 0.25) is 0 Å². The fraction of sp³-hybridized carbons (Fsp3) is 0.600. The van der Waals surface area contributed by atoms with E-state index in [1.807, 2.05) is 6.92 Å². The predicted octanol–water partition coefficient (Wildman–Crippen LogP) is 1.73. The molecular formula is C15H21BO. The van der Waals surface area contributed by atoms with Crippen molar-refractivity contribution in [3.63, 3.8) is 0 Å². The number of hydrogen-bond donors (Lipinski definition) is 1. The molecule has 0 radical (unpaired) electrons. The van der Waals surface area contributed by atoms with E-state index in [1.165, 1.54) is 37.6 Å². The Labute approximate surface area is 105 Å².